The van der Waals surface area contributed by atoms with Crippen molar-refractivity contribution in [2.75, 3.05) is 0 Å². The van der Waals surface area contributed by atoms with Gasteiger partial charge in [-0.3, -0.25) is 4.79 Å². The Labute approximate surface area is 127 Å². The van der Waals surface area contributed by atoms with Gasteiger partial charge < -0.3 is 15.3 Å². The molecule has 5 heteroatoms. The topological polar surface area (TPSA) is 94.8 Å². The molecule has 1 atom stereocenters. The van der Waals surface area contributed by atoms with Crippen LogP contribution in [-0.2, 0) is 11.2 Å². The van der Waals surface area contributed by atoms with E-state index in [1.54, 1.807) is 24.3 Å². The van der Waals surface area contributed by atoms with E-state index < -0.39 is 12.1 Å². The molecule has 0 radical (unpaired) electrons. The first-order valence-corrected chi connectivity index (χ1v) is 6.74. The molecule has 0 saturated heterocycles. The van der Waals surface area contributed by atoms with Gasteiger partial charge in [-0.25, -0.2) is 4.79 Å². The van der Waals surface area contributed by atoms with Gasteiger partial charge in [0.2, 0.25) is 0 Å². The highest BCUT2D eigenvalue weighted by Crippen LogP contribution is 2.32. The van der Waals surface area contributed by atoms with E-state index in [0.29, 0.717) is 16.3 Å². The van der Waals surface area contributed by atoms with Gasteiger partial charge in [-0.15, -0.1) is 0 Å². The summed E-state index contributed by atoms with van der Waals surface area (Å²) in [5.41, 5.74) is 0.0933. The number of aromatic carboxylic acids is 1. The second kappa shape index (κ2) is 6.41. The van der Waals surface area contributed by atoms with Gasteiger partial charge in [-0.05, 0) is 22.9 Å². The van der Waals surface area contributed by atoms with Gasteiger partial charge in [0.1, 0.15) is 11.3 Å². The zero-order valence-corrected chi connectivity index (χ0v) is 11.8. The molecule has 0 aliphatic rings. The molecule has 0 spiro atoms. The summed E-state index contributed by atoms with van der Waals surface area (Å²) in [5, 5.41) is 30.7. The minimum absolute atomic E-state index is 0.0208. The summed E-state index contributed by atoms with van der Waals surface area (Å²) >= 11 is 0. The van der Waals surface area contributed by atoms with E-state index in [-0.39, 0.29) is 29.9 Å². The average molecular weight is 300 g/mol. The van der Waals surface area contributed by atoms with Crippen molar-refractivity contribution in [3.8, 4) is 5.75 Å². The summed E-state index contributed by atoms with van der Waals surface area (Å²) in [6, 6.07) is 8.36. The summed E-state index contributed by atoms with van der Waals surface area (Å²) in [4.78, 5) is 22.5. The van der Waals surface area contributed by atoms with E-state index in [1.165, 1.54) is 6.07 Å². The summed E-state index contributed by atoms with van der Waals surface area (Å²) < 4.78 is 0. The molecule has 0 aliphatic carbocycles. The monoisotopic (exact) mass is 300 g/mol. The quantitative estimate of drug-likeness (QED) is 0.711. The number of hydrogen-bond acceptors (Lipinski definition) is 4. The Morgan fingerprint density at radius 2 is 1.95 bits per heavy atom. The van der Waals surface area contributed by atoms with Crippen molar-refractivity contribution in [2.24, 2.45) is 0 Å². The Balaban J connectivity index is 2.50. The lowest BCUT2D eigenvalue weighted by Gasteiger charge is -2.15. The average Bonchev–Trinajstić information content (AvgIpc) is 2.49. The molecule has 5 nitrogen and oxygen atoms in total. The molecule has 0 heterocycles. The molecule has 2 aromatic rings. The fraction of sp³-hybridized carbons (Fsp3) is 0.176. The van der Waals surface area contributed by atoms with Gasteiger partial charge in [0.05, 0.1) is 6.10 Å². The Morgan fingerprint density at radius 3 is 2.59 bits per heavy atom. The fourth-order valence-electron chi connectivity index (χ4n) is 2.40. The molecule has 114 valence electrons. The van der Waals surface area contributed by atoms with Crippen LogP contribution in [-0.4, -0.2) is 33.2 Å². The number of ketones is 1. The van der Waals surface area contributed by atoms with Crippen LogP contribution in [0.4, 0.5) is 0 Å². The van der Waals surface area contributed by atoms with Crippen LogP contribution in [0.2, 0.25) is 0 Å². The van der Waals surface area contributed by atoms with Crippen LogP contribution in [0.3, 0.4) is 0 Å². The van der Waals surface area contributed by atoms with Gasteiger partial charge in [0.15, 0.2) is 5.78 Å². The van der Waals surface area contributed by atoms with Crippen molar-refractivity contribution in [3.63, 3.8) is 0 Å². The third kappa shape index (κ3) is 3.15. The lowest BCUT2D eigenvalue weighted by molar-refractivity contribution is -0.116. The van der Waals surface area contributed by atoms with Crippen LogP contribution in [0, 0.1) is 0 Å². The zero-order valence-electron chi connectivity index (χ0n) is 11.8. The fourth-order valence-corrected chi connectivity index (χ4v) is 2.40. The minimum Gasteiger partial charge on any atom is -0.507 e. The van der Waals surface area contributed by atoms with Gasteiger partial charge in [0, 0.05) is 18.4 Å². The number of carboxylic acid groups (broad SMARTS) is 1. The number of hydrogen-bond donors (Lipinski definition) is 3. The van der Waals surface area contributed by atoms with Gasteiger partial charge in [0.25, 0.3) is 0 Å². The number of allylic oxidation sites excluding steroid dienone is 1. The number of aliphatic hydroxyl groups is 1. The van der Waals surface area contributed by atoms with Crippen molar-refractivity contribution in [2.45, 2.75) is 18.9 Å². The largest absolute Gasteiger partial charge is 0.507 e. The van der Waals surface area contributed by atoms with E-state index in [2.05, 4.69) is 6.58 Å². The number of rotatable bonds is 6. The summed E-state index contributed by atoms with van der Waals surface area (Å²) in [6.45, 7) is 3.34. The number of benzene rings is 2. The predicted molar refractivity (Wildman–Crippen MR) is 82.1 cm³/mol. The maximum atomic E-state index is 11.3. The molecule has 2 rings (SSSR count). The predicted octanol–water partition coefficient (Wildman–Crippen LogP) is 2.29. The van der Waals surface area contributed by atoms with Gasteiger partial charge in [-0.2, -0.15) is 0 Å². The molecule has 0 saturated carbocycles. The first-order chi connectivity index (χ1) is 10.4. The molecule has 0 amide bonds. The Hall–Kier alpha value is -2.66. The Kier molecular flexibility index (Phi) is 4.58. The van der Waals surface area contributed by atoms with Crippen LogP contribution < -0.4 is 0 Å². The molecule has 2 aromatic carbocycles. The van der Waals surface area contributed by atoms with Crippen LogP contribution in [0.1, 0.15) is 22.3 Å². The van der Waals surface area contributed by atoms with E-state index >= 15 is 0 Å². The highest BCUT2D eigenvalue weighted by atomic mass is 16.4. The number of phenols is 1. The second-order valence-electron chi connectivity index (χ2n) is 5.01. The Bertz CT molecular complexity index is 748. The molecular formula is C17H16O5. The molecular weight excluding hydrogens is 284 g/mol. The maximum Gasteiger partial charge on any atom is 0.339 e. The van der Waals surface area contributed by atoms with Crippen LogP contribution in [0.5, 0.6) is 5.75 Å². The zero-order chi connectivity index (χ0) is 16.3. The number of aliphatic hydroxyl groups excluding tert-OH is 1. The van der Waals surface area contributed by atoms with Crippen molar-refractivity contribution in [3.05, 3.63) is 54.1 Å². The molecule has 22 heavy (non-hydrogen) atoms. The van der Waals surface area contributed by atoms with Gasteiger partial charge >= 0.3 is 5.97 Å². The summed E-state index contributed by atoms with van der Waals surface area (Å²) in [6.07, 6.45) is -0.0555. The number of fused-ring (bicyclic) bond motifs is 1. The van der Waals surface area contributed by atoms with Crippen molar-refractivity contribution in [1.29, 1.82) is 0 Å². The Morgan fingerprint density at radius 1 is 1.27 bits per heavy atom. The molecule has 0 bridgehead atoms. The van der Waals surface area contributed by atoms with Crippen LogP contribution >= 0.6 is 0 Å². The number of carbonyl (C=O) groups is 2. The highest BCUT2D eigenvalue weighted by Gasteiger charge is 2.20. The van der Waals surface area contributed by atoms with Crippen molar-refractivity contribution < 1.29 is 24.9 Å². The molecule has 3 N–H and O–H groups in total. The first kappa shape index (κ1) is 15.7. The number of carbonyl (C=O) groups excluding carboxylic acids is 1. The summed E-state index contributed by atoms with van der Waals surface area (Å²) in [7, 11) is 0. The van der Waals surface area contributed by atoms with E-state index in [1.807, 2.05) is 0 Å². The van der Waals surface area contributed by atoms with E-state index in [4.69, 9.17) is 0 Å². The minimum atomic E-state index is -1.25. The van der Waals surface area contributed by atoms with Crippen LogP contribution in [0.25, 0.3) is 10.8 Å². The number of aromatic hydroxyl groups is 1. The van der Waals surface area contributed by atoms with Crippen molar-refractivity contribution in [1.82, 2.24) is 0 Å². The third-order valence-corrected chi connectivity index (χ3v) is 3.46. The second-order valence-corrected chi connectivity index (χ2v) is 5.01. The standard InChI is InChI=1S/C17H16O5/c1-2-11(18)8-12(19)9-14-13-6-4-3-5-10(13)7-15(16(14)20)17(21)22/h2-7,12,19-20H,1,8-9H2,(H,21,22). The first-order valence-electron chi connectivity index (χ1n) is 6.74. The highest BCUT2D eigenvalue weighted by molar-refractivity contribution is 5.99. The van der Waals surface area contributed by atoms with Crippen molar-refractivity contribution >= 4 is 22.5 Å². The molecule has 1 unspecified atom stereocenters. The third-order valence-electron chi connectivity index (χ3n) is 3.46. The van der Waals surface area contributed by atoms with Gasteiger partial charge in [-0.1, -0.05) is 30.8 Å². The lowest BCUT2D eigenvalue weighted by Crippen LogP contribution is -2.15. The molecule has 0 aliphatic heterocycles. The molecule has 0 fully saturated rings. The smallest absolute Gasteiger partial charge is 0.339 e. The normalized spacial score (nSPS) is 12.0. The lowest BCUT2D eigenvalue weighted by atomic mass is 9.94. The summed E-state index contributed by atoms with van der Waals surface area (Å²) in [5.74, 6) is -1.94. The SMILES string of the molecule is C=CC(=O)CC(O)Cc1c(O)c(C(=O)O)cc2ccccc12. The van der Waals surface area contributed by atoms with E-state index in [0.717, 1.165) is 6.08 Å². The number of carboxylic acids is 1. The van der Waals surface area contributed by atoms with E-state index in [9.17, 15) is 24.9 Å². The maximum absolute atomic E-state index is 11.3. The molecule has 0 aromatic heterocycles. The van der Waals surface area contributed by atoms with Crippen LogP contribution in [0.15, 0.2) is 43.0 Å².